The molecule has 0 saturated carbocycles. The second-order valence-electron chi connectivity index (χ2n) is 3.82. The van der Waals surface area contributed by atoms with Gasteiger partial charge >= 0.3 is 12.8 Å². The molecule has 1 nitrogen and oxygen atoms in total. The Bertz CT molecular complexity index is 384. The zero-order valence-corrected chi connectivity index (χ0v) is 9.18. The average Bonchev–Trinajstić information content (AvgIpc) is 2.14. The van der Waals surface area contributed by atoms with Crippen molar-refractivity contribution in [1.82, 2.24) is 0 Å². The van der Waals surface area contributed by atoms with Gasteiger partial charge in [0.1, 0.15) is 5.75 Å². The maximum atomic E-state index is 12.5. The first-order valence-corrected chi connectivity index (χ1v) is 4.87. The summed E-state index contributed by atoms with van der Waals surface area (Å²) in [5, 5.41) is 0. The van der Waals surface area contributed by atoms with Gasteiger partial charge in [0, 0.05) is 0 Å². The number of benzene rings is 1. The van der Waals surface area contributed by atoms with E-state index < -0.39 is 24.1 Å². The summed E-state index contributed by atoms with van der Waals surface area (Å²) in [7, 11) is 0. The fourth-order valence-electron chi connectivity index (χ4n) is 1.29. The van der Waals surface area contributed by atoms with Crippen LogP contribution in [0.25, 0.3) is 0 Å². The third kappa shape index (κ3) is 3.87. The quantitative estimate of drug-likeness (QED) is 0.725. The van der Waals surface area contributed by atoms with Crippen LogP contribution < -0.4 is 4.74 Å². The van der Waals surface area contributed by atoms with Crippen molar-refractivity contribution in [3.8, 4) is 5.75 Å². The lowest BCUT2D eigenvalue weighted by molar-refractivity contribution is -0.138. The summed E-state index contributed by atoms with van der Waals surface area (Å²) in [4.78, 5) is 0. The van der Waals surface area contributed by atoms with Crippen LogP contribution in [0.1, 0.15) is 30.9 Å². The Morgan fingerprint density at radius 2 is 1.65 bits per heavy atom. The monoisotopic (exact) mass is 254 g/mol. The first-order chi connectivity index (χ1) is 7.70. The van der Waals surface area contributed by atoms with E-state index in [0.717, 1.165) is 6.07 Å². The fraction of sp³-hybridized carbons (Fsp3) is 0.455. The van der Waals surface area contributed by atoms with Crippen molar-refractivity contribution in [3.05, 3.63) is 29.3 Å². The molecule has 0 aliphatic heterocycles. The van der Waals surface area contributed by atoms with Gasteiger partial charge in [0.2, 0.25) is 0 Å². The second kappa shape index (κ2) is 4.89. The Kier molecular flexibility index (Phi) is 3.95. The van der Waals surface area contributed by atoms with Gasteiger partial charge in [0.15, 0.2) is 0 Å². The average molecular weight is 254 g/mol. The summed E-state index contributed by atoms with van der Waals surface area (Å²) in [6.07, 6.45) is -4.58. The van der Waals surface area contributed by atoms with Crippen molar-refractivity contribution in [3.63, 3.8) is 0 Å². The summed E-state index contributed by atoms with van der Waals surface area (Å²) < 4.78 is 65.5. The number of hydrogen-bond donors (Lipinski definition) is 0. The van der Waals surface area contributed by atoms with Crippen LogP contribution in [-0.4, -0.2) is 6.61 Å². The molecule has 0 spiro atoms. The molecule has 1 aromatic carbocycles. The molecular weight excluding hydrogens is 243 g/mol. The SMILES string of the molecule is CC(C)c1cc(OC(F)F)cc(C(F)(F)F)c1. The Labute approximate surface area is 95.2 Å². The second-order valence-corrected chi connectivity index (χ2v) is 3.82. The molecule has 6 heteroatoms. The van der Waals surface area contributed by atoms with E-state index in [1.807, 2.05) is 0 Å². The molecule has 0 N–H and O–H groups in total. The number of halogens is 5. The van der Waals surface area contributed by atoms with Gasteiger partial charge in [-0.2, -0.15) is 22.0 Å². The van der Waals surface area contributed by atoms with E-state index in [1.54, 1.807) is 13.8 Å². The third-order valence-electron chi connectivity index (χ3n) is 2.15. The molecule has 0 radical (unpaired) electrons. The molecule has 0 bridgehead atoms. The molecular formula is C11H11F5O. The predicted molar refractivity (Wildman–Crippen MR) is 52.2 cm³/mol. The highest BCUT2D eigenvalue weighted by Crippen LogP contribution is 2.34. The van der Waals surface area contributed by atoms with E-state index >= 15 is 0 Å². The molecule has 0 fully saturated rings. The molecule has 0 aliphatic carbocycles. The van der Waals surface area contributed by atoms with Gasteiger partial charge in [-0.05, 0) is 29.7 Å². The maximum Gasteiger partial charge on any atom is 0.416 e. The van der Waals surface area contributed by atoms with E-state index in [2.05, 4.69) is 4.74 Å². The van der Waals surface area contributed by atoms with Gasteiger partial charge in [-0.15, -0.1) is 0 Å². The van der Waals surface area contributed by atoms with Crippen molar-refractivity contribution in [2.24, 2.45) is 0 Å². The molecule has 0 unspecified atom stereocenters. The van der Waals surface area contributed by atoms with Gasteiger partial charge < -0.3 is 4.74 Å². The topological polar surface area (TPSA) is 9.23 Å². The molecule has 0 atom stereocenters. The van der Waals surface area contributed by atoms with E-state index in [-0.39, 0.29) is 5.92 Å². The molecule has 0 aliphatic rings. The van der Waals surface area contributed by atoms with Crippen molar-refractivity contribution >= 4 is 0 Å². The molecule has 0 heterocycles. The number of ether oxygens (including phenoxy) is 1. The zero-order valence-electron chi connectivity index (χ0n) is 9.18. The molecule has 1 rings (SSSR count). The molecule has 1 aromatic rings. The largest absolute Gasteiger partial charge is 0.435 e. The Morgan fingerprint density at radius 3 is 2.06 bits per heavy atom. The Morgan fingerprint density at radius 1 is 1.06 bits per heavy atom. The van der Waals surface area contributed by atoms with Crippen LogP contribution in [-0.2, 0) is 6.18 Å². The van der Waals surface area contributed by atoms with Gasteiger partial charge in [0.05, 0.1) is 5.56 Å². The van der Waals surface area contributed by atoms with Crippen molar-refractivity contribution in [2.75, 3.05) is 0 Å². The van der Waals surface area contributed by atoms with E-state index in [0.29, 0.717) is 11.6 Å². The van der Waals surface area contributed by atoms with Crippen LogP contribution in [0.5, 0.6) is 5.75 Å². The molecule has 0 amide bonds. The van der Waals surface area contributed by atoms with Crippen molar-refractivity contribution < 1.29 is 26.7 Å². The molecule has 0 saturated heterocycles. The lowest BCUT2D eigenvalue weighted by atomic mass is 10.00. The number of alkyl halides is 5. The summed E-state index contributed by atoms with van der Waals surface area (Å²) in [6.45, 7) is 0.196. The minimum Gasteiger partial charge on any atom is -0.435 e. The highest BCUT2D eigenvalue weighted by Gasteiger charge is 2.31. The smallest absolute Gasteiger partial charge is 0.416 e. The summed E-state index contributed by atoms with van der Waals surface area (Å²) >= 11 is 0. The van der Waals surface area contributed by atoms with Gasteiger partial charge in [-0.3, -0.25) is 0 Å². The molecule has 96 valence electrons. The highest BCUT2D eigenvalue weighted by molar-refractivity contribution is 5.37. The van der Waals surface area contributed by atoms with Gasteiger partial charge in [0.25, 0.3) is 0 Å². The number of rotatable bonds is 3. The number of hydrogen-bond acceptors (Lipinski definition) is 1. The van der Waals surface area contributed by atoms with E-state index in [9.17, 15) is 22.0 Å². The summed E-state index contributed by atoms with van der Waals surface area (Å²) in [5.74, 6) is -0.684. The minimum absolute atomic E-state index is 0.211. The fourth-order valence-corrected chi connectivity index (χ4v) is 1.29. The maximum absolute atomic E-state index is 12.5. The van der Waals surface area contributed by atoms with Crippen LogP contribution in [0.3, 0.4) is 0 Å². The standard InChI is InChI=1S/C11H11F5O/c1-6(2)7-3-8(11(14,15)16)5-9(4-7)17-10(12)13/h3-6,10H,1-2H3. The van der Waals surface area contributed by atoms with Gasteiger partial charge in [-0.1, -0.05) is 13.8 Å². The predicted octanol–water partition coefficient (Wildman–Crippen LogP) is 4.43. The van der Waals surface area contributed by atoms with Crippen molar-refractivity contribution in [2.45, 2.75) is 32.6 Å². The zero-order chi connectivity index (χ0) is 13.2. The van der Waals surface area contributed by atoms with Crippen LogP contribution in [0.2, 0.25) is 0 Å². The Balaban J connectivity index is 3.19. The van der Waals surface area contributed by atoms with Crippen molar-refractivity contribution in [1.29, 1.82) is 0 Å². The molecule has 17 heavy (non-hydrogen) atoms. The van der Waals surface area contributed by atoms with Gasteiger partial charge in [-0.25, -0.2) is 0 Å². The molecule has 0 aromatic heterocycles. The van der Waals surface area contributed by atoms with E-state index in [4.69, 9.17) is 0 Å². The van der Waals surface area contributed by atoms with Crippen LogP contribution in [0.4, 0.5) is 22.0 Å². The van der Waals surface area contributed by atoms with Crippen LogP contribution in [0.15, 0.2) is 18.2 Å². The summed E-state index contributed by atoms with van der Waals surface area (Å²) in [6, 6.07) is 2.69. The highest BCUT2D eigenvalue weighted by atomic mass is 19.4. The normalized spacial score (nSPS) is 12.3. The van der Waals surface area contributed by atoms with E-state index in [1.165, 1.54) is 6.07 Å². The Hall–Kier alpha value is -1.33. The van der Waals surface area contributed by atoms with Crippen LogP contribution >= 0.6 is 0 Å². The minimum atomic E-state index is -4.58. The lowest BCUT2D eigenvalue weighted by Crippen LogP contribution is -2.09. The first-order valence-electron chi connectivity index (χ1n) is 4.87. The van der Waals surface area contributed by atoms with Crippen LogP contribution in [0, 0.1) is 0 Å². The lowest BCUT2D eigenvalue weighted by Gasteiger charge is -2.14. The first kappa shape index (κ1) is 13.7. The third-order valence-corrected chi connectivity index (χ3v) is 2.15. The summed E-state index contributed by atoms with van der Waals surface area (Å²) in [5.41, 5.74) is -0.685.